The lowest BCUT2D eigenvalue weighted by Gasteiger charge is -2.40. The van der Waals surface area contributed by atoms with Crippen LogP contribution in [0.15, 0.2) is 41.8 Å². The Labute approximate surface area is 141 Å². The van der Waals surface area contributed by atoms with Crippen LogP contribution < -0.4 is 4.90 Å². The molecule has 3 aromatic rings. The second-order valence-electron chi connectivity index (χ2n) is 6.40. The number of aromatic nitrogens is 2. The molecule has 0 spiro atoms. The van der Waals surface area contributed by atoms with Crippen LogP contribution >= 0.6 is 11.3 Å². The number of hydrogen-bond acceptors (Lipinski definition) is 4. The second-order valence-corrected chi connectivity index (χ2v) is 7.35. The molecule has 3 heterocycles. The van der Waals surface area contributed by atoms with Crippen LogP contribution in [0.3, 0.4) is 0 Å². The summed E-state index contributed by atoms with van der Waals surface area (Å²) in [6.45, 7) is 4.63. The molecule has 0 amide bonds. The van der Waals surface area contributed by atoms with Crippen molar-refractivity contribution in [2.75, 3.05) is 4.90 Å². The topological polar surface area (TPSA) is 29.0 Å². The first kappa shape index (κ1) is 14.6. The van der Waals surface area contributed by atoms with Crippen LogP contribution in [0.4, 0.5) is 5.82 Å². The van der Waals surface area contributed by atoms with E-state index in [1.54, 1.807) is 11.3 Å². The Hall–Kier alpha value is -1.94. The first-order valence-electron chi connectivity index (χ1n) is 8.33. The molecule has 0 bridgehead atoms. The van der Waals surface area contributed by atoms with Gasteiger partial charge in [-0.2, -0.15) is 0 Å². The summed E-state index contributed by atoms with van der Waals surface area (Å²) in [7, 11) is 0. The van der Waals surface area contributed by atoms with E-state index in [0.717, 1.165) is 27.4 Å². The van der Waals surface area contributed by atoms with E-state index >= 15 is 0 Å². The Kier molecular flexibility index (Phi) is 3.77. The zero-order chi connectivity index (χ0) is 15.8. The van der Waals surface area contributed by atoms with Crippen molar-refractivity contribution in [3.05, 3.63) is 41.8 Å². The largest absolute Gasteiger partial charge is 0.351 e. The fraction of sp³-hybridized carbons (Fsp3) is 0.368. The standard InChI is InChI=1S/C19H21N3S/c1-13-7-5-8-14(2)22(13)19-15-9-3-4-10-16(15)20-18(21-19)17-11-6-12-23-17/h3-4,6,9-14H,5,7-8H2,1-2H3/t13-,14+. The second kappa shape index (κ2) is 5.93. The first-order chi connectivity index (χ1) is 11.2. The molecule has 0 N–H and O–H groups in total. The van der Waals surface area contributed by atoms with Gasteiger partial charge in [-0.1, -0.05) is 18.2 Å². The number of benzene rings is 1. The van der Waals surface area contributed by atoms with Gasteiger partial charge in [-0.05, 0) is 56.7 Å². The van der Waals surface area contributed by atoms with Gasteiger partial charge in [0, 0.05) is 17.5 Å². The molecule has 1 aliphatic rings. The number of fused-ring (bicyclic) bond motifs is 1. The minimum atomic E-state index is 0.522. The van der Waals surface area contributed by atoms with Crippen molar-refractivity contribution >= 4 is 28.1 Å². The van der Waals surface area contributed by atoms with Crippen molar-refractivity contribution in [3.63, 3.8) is 0 Å². The van der Waals surface area contributed by atoms with Crippen molar-refractivity contribution in [2.45, 2.75) is 45.2 Å². The van der Waals surface area contributed by atoms with Crippen LogP contribution in [0.5, 0.6) is 0 Å². The van der Waals surface area contributed by atoms with E-state index in [0.29, 0.717) is 12.1 Å². The molecule has 1 fully saturated rings. The summed E-state index contributed by atoms with van der Waals surface area (Å²) < 4.78 is 0. The van der Waals surface area contributed by atoms with Gasteiger partial charge in [0.2, 0.25) is 0 Å². The van der Waals surface area contributed by atoms with Crippen molar-refractivity contribution in [1.82, 2.24) is 9.97 Å². The van der Waals surface area contributed by atoms with Crippen LogP contribution in [0, 0.1) is 0 Å². The van der Waals surface area contributed by atoms with Gasteiger partial charge in [0.1, 0.15) is 5.82 Å². The maximum absolute atomic E-state index is 4.99. The van der Waals surface area contributed by atoms with E-state index in [1.165, 1.54) is 19.3 Å². The highest BCUT2D eigenvalue weighted by Gasteiger charge is 2.28. The van der Waals surface area contributed by atoms with E-state index in [2.05, 4.69) is 60.5 Å². The lowest BCUT2D eigenvalue weighted by molar-refractivity contribution is 0.412. The van der Waals surface area contributed by atoms with Crippen LogP contribution in [0.2, 0.25) is 0 Å². The van der Waals surface area contributed by atoms with E-state index in [1.807, 2.05) is 0 Å². The molecule has 0 unspecified atom stereocenters. The quantitative estimate of drug-likeness (QED) is 0.655. The number of nitrogens with zero attached hydrogens (tertiary/aromatic N) is 3. The first-order valence-corrected chi connectivity index (χ1v) is 9.21. The maximum atomic E-state index is 4.99. The highest BCUT2D eigenvalue weighted by molar-refractivity contribution is 7.13. The van der Waals surface area contributed by atoms with Gasteiger partial charge in [-0.25, -0.2) is 9.97 Å². The Morgan fingerprint density at radius 2 is 1.78 bits per heavy atom. The zero-order valence-corrected chi connectivity index (χ0v) is 14.4. The lowest BCUT2D eigenvalue weighted by Crippen LogP contribution is -2.44. The maximum Gasteiger partial charge on any atom is 0.172 e. The van der Waals surface area contributed by atoms with Gasteiger partial charge in [0.15, 0.2) is 5.82 Å². The molecule has 0 radical (unpaired) electrons. The van der Waals surface area contributed by atoms with Crippen molar-refractivity contribution < 1.29 is 0 Å². The molecule has 3 nitrogen and oxygen atoms in total. The number of para-hydroxylation sites is 1. The minimum absolute atomic E-state index is 0.522. The van der Waals surface area contributed by atoms with Crippen LogP contribution in [0.25, 0.3) is 21.6 Å². The predicted octanol–water partition coefficient (Wildman–Crippen LogP) is 5.13. The number of anilines is 1. The molecule has 0 saturated carbocycles. The summed E-state index contributed by atoms with van der Waals surface area (Å²) in [5.41, 5.74) is 1.03. The molecule has 1 saturated heterocycles. The van der Waals surface area contributed by atoms with Gasteiger partial charge in [0.25, 0.3) is 0 Å². The number of piperidine rings is 1. The number of hydrogen-bond donors (Lipinski definition) is 0. The molecule has 0 aliphatic carbocycles. The third kappa shape index (κ3) is 2.61. The Morgan fingerprint density at radius 3 is 2.52 bits per heavy atom. The van der Waals surface area contributed by atoms with Crippen molar-refractivity contribution in [3.8, 4) is 10.7 Å². The molecule has 2 aromatic heterocycles. The molecule has 4 heteroatoms. The lowest BCUT2D eigenvalue weighted by atomic mass is 9.97. The Bertz CT molecular complexity index is 803. The van der Waals surface area contributed by atoms with Gasteiger partial charge in [-0.3, -0.25) is 0 Å². The molecule has 1 aliphatic heterocycles. The molecular weight excluding hydrogens is 302 g/mol. The van der Waals surface area contributed by atoms with E-state index < -0.39 is 0 Å². The summed E-state index contributed by atoms with van der Waals surface area (Å²) in [6.07, 6.45) is 3.77. The minimum Gasteiger partial charge on any atom is -0.351 e. The van der Waals surface area contributed by atoms with Gasteiger partial charge in [0.05, 0.1) is 10.4 Å². The Morgan fingerprint density at radius 1 is 1.00 bits per heavy atom. The fourth-order valence-electron chi connectivity index (χ4n) is 3.61. The van der Waals surface area contributed by atoms with Crippen molar-refractivity contribution in [1.29, 1.82) is 0 Å². The monoisotopic (exact) mass is 323 g/mol. The van der Waals surface area contributed by atoms with Crippen molar-refractivity contribution in [2.24, 2.45) is 0 Å². The number of thiophene rings is 1. The average Bonchev–Trinajstić information content (AvgIpc) is 3.09. The number of rotatable bonds is 2. The van der Waals surface area contributed by atoms with Crippen LogP contribution in [-0.2, 0) is 0 Å². The summed E-state index contributed by atoms with van der Waals surface area (Å²) >= 11 is 1.70. The molecule has 1 aromatic carbocycles. The predicted molar refractivity (Wildman–Crippen MR) is 98.1 cm³/mol. The summed E-state index contributed by atoms with van der Waals surface area (Å²) in [6, 6.07) is 13.6. The molecule has 4 rings (SSSR count). The SMILES string of the molecule is C[C@@H]1CCC[C@H](C)N1c1nc(-c2cccs2)nc2ccccc12. The van der Waals surface area contributed by atoms with Crippen LogP contribution in [-0.4, -0.2) is 22.1 Å². The average molecular weight is 323 g/mol. The smallest absolute Gasteiger partial charge is 0.172 e. The molecule has 2 atom stereocenters. The Balaban J connectivity index is 1.93. The van der Waals surface area contributed by atoms with Crippen LogP contribution in [0.1, 0.15) is 33.1 Å². The zero-order valence-electron chi connectivity index (χ0n) is 13.6. The van der Waals surface area contributed by atoms with E-state index in [4.69, 9.17) is 9.97 Å². The van der Waals surface area contributed by atoms with E-state index in [-0.39, 0.29) is 0 Å². The molecular formula is C19H21N3S. The third-order valence-corrected chi connectivity index (χ3v) is 5.63. The molecule has 23 heavy (non-hydrogen) atoms. The summed E-state index contributed by atoms with van der Waals surface area (Å²) in [5.74, 6) is 1.94. The highest BCUT2D eigenvalue weighted by Crippen LogP contribution is 2.34. The van der Waals surface area contributed by atoms with E-state index in [9.17, 15) is 0 Å². The summed E-state index contributed by atoms with van der Waals surface area (Å²) in [5, 5.41) is 3.24. The third-order valence-electron chi connectivity index (χ3n) is 4.76. The fourth-order valence-corrected chi connectivity index (χ4v) is 4.27. The summed E-state index contributed by atoms with van der Waals surface area (Å²) in [4.78, 5) is 13.4. The van der Waals surface area contributed by atoms with Gasteiger partial charge in [-0.15, -0.1) is 11.3 Å². The van der Waals surface area contributed by atoms with Gasteiger partial charge >= 0.3 is 0 Å². The highest BCUT2D eigenvalue weighted by atomic mass is 32.1. The van der Waals surface area contributed by atoms with Gasteiger partial charge < -0.3 is 4.90 Å². The normalized spacial score (nSPS) is 21.7. The molecule has 118 valence electrons.